The van der Waals surface area contributed by atoms with Gasteiger partial charge in [0.2, 0.25) is 5.91 Å². The lowest BCUT2D eigenvalue weighted by molar-refractivity contribution is -0.138. The fourth-order valence-corrected chi connectivity index (χ4v) is 2.35. The van der Waals surface area contributed by atoms with Crippen molar-refractivity contribution in [3.63, 3.8) is 0 Å². The van der Waals surface area contributed by atoms with Crippen LogP contribution in [0.25, 0.3) is 0 Å². The highest BCUT2D eigenvalue weighted by molar-refractivity contribution is 6.36. The second kappa shape index (κ2) is 7.06. The van der Waals surface area contributed by atoms with E-state index in [4.69, 9.17) is 28.3 Å². The van der Waals surface area contributed by atoms with Crippen molar-refractivity contribution in [1.82, 2.24) is 9.88 Å². The molecule has 8 heteroatoms. The fourth-order valence-electron chi connectivity index (χ4n) is 1.92. The summed E-state index contributed by atoms with van der Waals surface area (Å²) in [6, 6.07) is 1.48. The number of anilines is 1. The molecule has 0 aromatic carbocycles. The molecular weight excluding hydrogens is 317 g/mol. The van der Waals surface area contributed by atoms with E-state index in [1.165, 1.54) is 12.3 Å². The quantitative estimate of drug-likeness (QED) is 0.799. The average Bonchev–Trinajstić information content (AvgIpc) is 3.15. The van der Waals surface area contributed by atoms with Gasteiger partial charge in [-0.25, -0.2) is 4.98 Å². The summed E-state index contributed by atoms with van der Waals surface area (Å²) in [6.45, 7) is 0.441. The molecule has 0 unspecified atom stereocenters. The van der Waals surface area contributed by atoms with Crippen LogP contribution in [0.1, 0.15) is 12.8 Å². The molecular formula is C13H15Cl2N3O3. The maximum atomic E-state index is 12.0. The molecule has 0 spiro atoms. The van der Waals surface area contributed by atoms with Crippen LogP contribution in [0, 0.1) is 5.92 Å². The Bertz CT molecular complexity index is 549. The van der Waals surface area contributed by atoms with E-state index in [1.807, 2.05) is 0 Å². The van der Waals surface area contributed by atoms with Crippen LogP contribution < -0.4 is 5.32 Å². The summed E-state index contributed by atoms with van der Waals surface area (Å²) >= 11 is 11.6. The molecule has 1 heterocycles. The predicted molar refractivity (Wildman–Crippen MR) is 79.7 cm³/mol. The molecule has 2 N–H and O–H groups in total. The molecule has 0 radical (unpaired) electrons. The number of amides is 1. The fraction of sp³-hybridized carbons (Fsp3) is 0.462. The number of nitrogens with zero attached hydrogens (tertiary/aromatic N) is 2. The summed E-state index contributed by atoms with van der Waals surface area (Å²) in [4.78, 5) is 28.3. The van der Waals surface area contributed by atoms with Crippen molar-refractivity contribution in [2.45, 2.75) is 12.8 Å². The van der Waals surface area contributed by atoms with Gasteiger partial charge in [-0.2, -0.15) is 0 Å². The van der Waals surface area contributed by atoms with Gasteiger partial charge in [0.25, 0.3) is 0 Å². The van der Waals surface area contributed by atoms with Gasteiger partial charge in [0.15, 0.2) is 5.82 Å². The first-order chi connectivity index (χ1) is 9.94. The number of aliphatic carboxylic acids is 1. The van der Waals surface area contributed by atoms with Gasteiger partial charge in [-0.15, -0.1) is 0 Å². The van der Waals surface area contributed by atoms with Crippen molar-refractivity contribution >= 4 is 40.9 Å². The number of carbonyl (C=O) groups is 2. The van der Waals surface area contributed by atoms with E-state index in [0.29, 0.717) is 17.5 Å². The van der Waals surface area contributed by atoms with Crippen LogP contribution in [0.4, 0.5) is 5.82 Å². The molecule has 21 heavy (non-hydrogen) atoms. The number of carboxylic acids is 1. The monoisotopic (exact) mass is 331 g/mol. The van der Waals surface area contributed by atoms with Crippen LogP contribution in [0.15, 0.2) is 12.3 Å². The molecule has 0 aliphatic heterocycles. The summed E-state index contributed by atoms with van der Waals surface area (Å²) in [5, 5.41) is 12.0. The van der Waals surface area contributed by atoms with Crippen LogP contribution in [-0.2, 0) is 9.59 Å². The van der Waals surface area contributed by atoms with Gasteiger partial charge in [0, 0.05) is 12.7 Å². The third-order valence-electron chi connectivity index (χ3n) is 3.01. The van der Waals surface area contributed by atoms with Crippen molar-refractivity contribution < 1.29 is 14.7 Å². The molecule has 2 rings (SSSR count). The van der Waals surface area contributed by atoms with E-state index in [9.17, 15) is 9.59 Å². The molecule has 1 amide bonds. The maximum Gasteiger partial charge on any atom is 0.317 e. The number of pyridine rings is 1. The number of hydrogen-bond donors (Lipinski definition) is 2. The standard InChI is InChI=1S/C13H15Cl2N3O3/c14-9-3-10(15)13(16-4-9)17-11(19)6-18(7-12(20)21)5-8-1-2-8/h3-4,8H,1-2,5-7H2,(H,20,21)(H,16,17,19). The van der Waals surface area contributed by atoms with Crippen molar-refractivity contribution in [3.05, 3.63) is 22.3 Å². The molecule has 6 nitrogen and oxygen atoms in total. The van der Waals surface area contributed by atoms with Gasteiger partial charge in [-0.05, 0) is 24.8 Å². The van der Waals surface area contributed by atoms with Crippen LogP contribution in [0.3, 0.4) is 0 Å². The first kappa shape index (κ1) is 16.0. The number of carbonyl (C=O) groups excluding carboxylic acids is 1. The summed E-state index contributed by atoms with van der Waals surface area (Å²) in [5.41, 5.74) is 0. The molecule has 1 aromatic heterocycles. The third kappa shape index (κ3) is 5.49. The van der Waals surface area contributed by atoms with Crippen molar-refractivity contribution in [1.29, 1.82) is 0 Å². The molecule has 114 valence electrons. The maximum absolute atomic E-state index is 12.0. The lowest BCUT2D eigenvalue weighted by Gasteiger charge is -2.19. The Labute approximate surface area is 132 Å². The Morgan fingerprint density at radius 1 is 1.38 bits per heavy atom. The van der Waals surface area contributed by atoms with Crippen LogP contribution >= 0.6 is 23.2 Å². The van der Waals surface area contributed by atoms with Gasteiger partial charge in [0.1, 0.15) is 0 Å². The Morgan fingerprint density at radius 3 is 2.67 bits per heavy atom. The molecule has 0 saturated heterocycles. The average molecular weight is 332 g/mol. The SMILES string of the molecule is O=C(O)CN(CC(=O)Nc1ncc(Cl)cc1Cl)CC1CC1. The molecule has 1 saturated carbocycles. The largest absolute Gasteiger partial charge is 0.480 e. The van der Waals surface area contributed by atoms with Crippen LogP contribution in [-0.4, -0.2) is 46.5 Å². The summed E-state index contributed by atoms with van der Waals surface area (Å²) < 4.78 is 0. The van der Waals surface area contributed by atoms with E-state index < -0.39 is 5.97 Å². The zero-order valence-corrected chi connectivity index (χ0v) is 12.7. The second-order valence-electron chi connectivity index (χ2n) is 5.04. The smallest absolute Gasteiger partial charge is 0.317 e. The van der Waals surface area contributed by atoms with E-state index in [-0.39, 0.29) is 29.8 Å². The minimum absolute atomic E-state index is 0.0105. The summed E-state index contributed by atoms with van der Waals surface area (Å²) in [6.07, 6.45) is 3.55. The molecule has 1 aliphatic carbocycles. The van der Waals surface area contributed by atoms with Gasteiger partial charge < -0.3 is 10.4 Å². The minimum atomic E-state index is -0.953. The summed E-state index contributed by atoms with van der Waals surface area (Å²) in [5.74, 6) is -0.595. The minimum Gasteiger partial charge on any atom is -0.480 e. The second-order valence-corrected chi connectivity index (χ2v) is 5.88. The topological polar surface area (TPSA) is 82.5 Å². The molecule has 1 aromatic rings. The molecule has 1 fully saturated rings. The zero-order valence-electron chi connectivity index (χ0n) is 11.2. The normalized spacial score (nSPS) is 14.2. The van der Waals surface area contributed by atoms with E-state index in [0.717, 1.165) is 12.8 Å². The number of halogens is 2. The predicted octanol–water partition coefficient (Wildman–Crippen LogP) is 2.12. The molecule has 0 bridgehead atoms. The first-order valence-corrected chi connectivity index (χ1v) is 7.24. The Balaban J connectivity index is 1.92. The van der Waals surface area contributed by atoms with Gasteiger partial charge in [0.05, 0.1) is 23.1 Å². The number of hydrogen-bond acceptors (Lipinski definition) is 4. The van der Waals surface area contributed by atoms with E-state index in [1.54, 1.807) is 4.90 Å². The Kier molecular flexibility index (Phi) is 5.39. The van der Waals surface area contributed by atoms with Crippen molar-refractivity contribution in [3.8, 4) is 0 Å². The Morgan fingerprint density at radius 2 is 2.10 bits per heavy atom. The third-order valence-corrected chi connectivity index (χ3v) is 3.50. The van der Waals surface area contributed by atoms with Crippen LogP contribution in [0.2, 0.25) is 10.0 Å². The van der Waals surface area contributed by atoms with Gasteiger partial charge in [-0.3, -0.25) is 14.5 Å². The lowest BCUT2D eigenvalue weighted by Crippen LogP contribution is -2.38. The van der Waals surface area contributed by atoms with Gasteiger partial charge >= 0.3 is 5.97 Å². The number of carboxylic acid groups (broad SMARTS) is 1. The van der Waals surface area contributed by atoms with E-state index >= 15 is 0 Å². The number of rotatable bonds is 7. The molecule has 0 atom stereocenters. The van der Waals surface area contributed by atoms with Gasteiger partial charge in [-0.1, -0.05) is 23.2 Å². The van der Waals surface area contributed by atoms with Crippen molar-refractivity contribution in [2.24, 2.45) is 5.92 Å². The number of nitrogens with one attached hydrogen (secondary N) is 1. The highest BCUT2D eigenvalue weighted by Crippen LogP contribution is 2.29. The van der Waals surface area contributed by atoms with E-state index in [2.05, 4.69) is 10.3 Å². The number of aromatic nitrogens is 1. The molecule has 1 aliphatic rings. The van der Waals surface area contributed by atoms with Crippen LogP contribution in [0.5, 0.6) is 0 Å². The highest BCUT2D eigenvalue weighted by Gasteiger charge is 2.26. The first-order valence-electron chi connectivity index (χ1n) is 6.49. The summed E-state index contributed by atoms with van der Waals surface area (Å²) in [7, 11) is 0. The lowest BCUT2D eigenvalue weighted by atomic mass is 10.3. The highest BCUT2D eigenvalue weighted by atomic mass is 35.5. The van der Waals surface area contributed by atoms with Crippen molar-refractivity contribution in [2.75, 3.05) is 25.0 Å². The Hall–Kier alpha value is -1.37. The zero-order chi connectivity index (χ0) is 15.4.